The monoisotopic (exact) mass is 428 g/mol. The van der Waals surface area contributed by atoms with Gasteiger partial charge < -0.3 is 15.5 Å². The van der Waals surface area contributed by atoms with Crippen LogP contribution in [0.25, 0.3) is 11.1 Å². The minimum Gasteiger partial charge on any atom is -0.402 e. The highest BCUT2D eigenvalue weighted by Gasteiger charge is 2.30. The summed E-state index contributed by atoms with van der Waals surface area (Å²) in [5, 5.41) is 12.9. The summed E-state index contributed by atoms with van der Waals surface area (Å²) >= 11 is 0. The number of aromatic nitrogens is 2. The van der Waals surface area contributed by atoms with E-state index in [0.29, 0.717) is 47.6 Å². The van der Waals surface area contributed by atoms with Gasteiger partial charge in [-0.1, -0.05) is 0 Å². The SMILES string of the molecule is CC(=O)N1CCC(N)=C(C(=N)N2CCCc3cc(-c4cnn(C)c4)c(C(F)F)cc32)C1. The number of aryl methyl sites for hydroxylation is 2. The maximum atomic E-state index is 14.0. The van der Waals surface area contributed by atoms with Gasteiger partial charge in [-0.2, -0.15) is 5.10 Å². The number of fused-ring (bicyclic) bond motifs is 1. The second-order valence-corrected chi connectivity index (χ2v) is 8.07. The van der Waals surface area contributed by atoms with E-state index >= 15 is 0 Å². The highest BCUT2D eigenvalue weighted by molar-refractivity contribution is 6.09. The number of rotatable bonds is 3. The molecule has 164 valence electrons. The molecule has 0 saturated carbocycles. The minimum atomic E-state index is -2.66. The van der Waals surface area contributed by atoms with E-state index in [4.69, 9.17) is 11.1 Å². The van der Waals surface area contributed by atoms with Gasteiger partial charge in [0.2, 0.25) is 5.91 Å². The van der Waals surface area contributed by atoms with Crippen molar-refractivity contribution in [2.75, 3.05) is 24.5 Å². The second-order valence-electron chi connectivity index (χ2n) is 8.07. The zero-order valence-corrected chi connectivity index (χ0v) is 17.7. The summed E-state index contributed by atoms with van der Waals surface area (Å²) in [6.07, 6.45) is 2.68. The molecule has 0 spiro atoms. The van der Waals surface area contributed by atoms with Crippen LogP contribution in [-0.4, -0.2) is 46.1 Å². The normalized spacial score (nSPS) is 16.7. The molecule has 0 aliphatic carbocycles. The number of anilines is 1. The van der Waals surface area contributed by atoms with Crippen LogP contribution in [0, 0.1) is 5.41 Å². The predicted molar refractivity (Wildman–Crippen MR) is 115 cm³/mol. The van der Waals surface area contributed by atoms with Gasteiger partial charge in [0.15, 0.2) is 0 Å². The first kappa shape index (κ1) is 21.0. The van der Waals surface area contributed by atoms with E-state index < -0.39 is 6.43 Å². The number of hydrogen-bond acceptors (Lipinski definition) is 4. The van der Waals surface area contributed by atoms with Gasteiger partial charge in [0.25, 0.3) is 6.43 Å². The summed E-state index contributed by atoms with van der Waals surface area (Å²) in [6, 6.07) is 3.30. The maximum absolute atomic E-state index is 14.0. The Morgan fingerprint density at radius 3 is 2.68 bits per heavy atom. The average Bonchev–Trinajstić information content (AvgIpc) is 3.18. The van der Waals surface area contributed by atoms with E-state index in [0.717, 1.165) is 18.4 Å². The minimum absolute atomic E-state index is 0.0713. The van der Waals surface area contributed by atoms with Gasteiger partial charge in [-0.15, -0.1) is 0 Å². The standard InChI is InChI=1S/C22H26F2N6O/c1-13(31)29-7-5-19(25)18(12-29)22(26)30-6-3-4-14-8-16(15-10-27-28(2)11-15)17(21(23)24)9-20(14)30/h8-11,21,26H,3-7,12,25H2,1-2H3. The van der Waals surface area contributed by atoms with Gasteiger partial charge in [0, 0.05) is 67.8 Å². The summed E-state index contributed by atoms with van der Waals surface area (Å²) in [5.74, 6) is 0.108. The Kier molecular flexibility index (Phi) is 5.51. The molecular weight excluding hydrogens is 402 g/mol. The van der Waals surface area contributed by atoms with Crippen molar-refractivity contribution in [3.05, 3.63) is 46.9 Å². The summed E-state index contributed by atoms with van der Waals surface area (Å²) in [4.78, 5) is 15.2. The van der Waals surface area contributed by atoms with Crippen LogP contribution < -0.4 is 10.6 Å². The maximum Gasteiger partial charge on any atom is 0.264 e. The Morgan fingerprint density at radius 2 is 2.03 bits per heavy atom. The quantitative estimate of drug-likeness (QED) is 0.580. The lowest BCUT2D eigenvalue weighted by molar-refractivity contribution is -0.128. The fourth-order valence-corrected chi connectivity index (χ4v) is 4.31. The van der Waals surface area contributed by atoms with Gasteiger partial charge in [0.05, 0.1) is 12.7 Å². The molecule has 2 aromatic rings. The molecule has 0 radical (unpaired) electrons. The third-order valence-corrected chi connectivity index (χ3v) is 6.01. The molecule has 1 aromatic carbocycles. The van der Waals surface area contributed by atoms with Crippen LogP contribution in [-0.2, 0) is 18.3 Å². The molecule has 3 N–H and O–H groups in total. The molecule has 9 heteroatoms. The zero-order chi connectivity index (χ0) is 22.3. The van der Waals surface area contributed by atoms with Crippen LogP contribution in [0.5, 0.6) is 0 Å². The van der Waals surface area contributed by atoms with Crippen molar-refractivity contribution in [2.24, 2.45) is 12.8 Å². The number of benzene rings is 1. The van der Waals surface area contributed by atoms with Crippen LogP contribution in [0.3, 0.4) is 0 Å². The molecule has 3 heterocycles. The molecule has 0 unspecified atom stereocenters. The van der Waals surface area contributed by atoms with Gasteiger partial charge in [-0.25, -0.2) is 8.78 Å². The molecule has 31 heavy (non-hydrogen) atoms. The molecule has 4 rings (SSSR count). The van der Waals surface area contributed by atoms with E-state index in [-0.39, 0.29) is 23.9 Å². The first-order valence-electron chi connectivity index (χ1n) is 10.3. The van der Waals surface area contributed by atoms with E-state index in [9.17, 15) is 13.6 Å². The summed E-state index contributed by atoms with van der Waals surface area (Å²) in [5.41, 5.74) is 9.91. The Hall–Kier alpha value is -3.23. The number of amidine groups is 1. The van der Waals surface area contributed by atoms with Crippen LogP contribution in [0.1, 0.15) is 37.3 Å². The molecule has 2 aliphatic rings. The van der Waals surface area contributed by atoms with Gasteiger partial charge >= 0.3 is 0 Å². The first-order valence-corrected chi connectivity index (χ1v) is 10.3. The van der Waals surface area contributed by atoms with Gasteiger partial charge in [-0.3, -0.25) is 14.9 Å². The van der Waals surface area contributed by atoms with Gasteiger partial charge in [-0.05, 0) is 36.1 Å². The van der Waals surface area contributed by atoms with Crippen LogP contribution in [0.2, 0.25) is 0 Å². The van der Waals surface area contributed by atoms with Crippen LogP contribution in [0.4, 0.5) is 14.5 Å². The van der Waals surface area contributed by atoms with Crippen molar-refractivity contribution in [3.8, 4) is 11.1 Å². The molecule has 2 aliphatic heterocycles. The molecule has 1 aromatic heterocycles. The largest absolute Gasteiger partial charge is 0.402 e. The lowest BCUT2D eigenvalue weighted by Gasteiger charge is -2.36. The van der Waals surface area contributed by atoms with E-state index in [1.807, 2.05) is 0 Å². The fourth-order valence-electron chi connectivity index (χ4n) is 4.31. The van der Waals surface area contributed by atoms with Crippen molar-refractivity contribution in [2.45, 2.75) is 32.6 Å². The highest BCUT2D eigenvalue weighted by atomic mass is 19.3. The van der Waals surface area contributed by atoms with Crippen LogP contribution >= 0.6 is 0 Å². The third-order valence-electron chi connectivity index (χ3n) is 6.01. The topological polar surface area (TPSA) is 91.2 Å². The number of carbonyl (C=O) groups excluding carboxylic acids is 1. The van der Waals surface area contributed by atoms with Crippen molar-refractivity contribution in [3.63, 3.8) is 0 Å². The number of nitrogens with one attached hydrogen (secondary N) is 1. The number of nitrogens with two attached hydrogens (primary N) is 1. The summed E-state index contributed by atoms with van der Waals surface area (Å²) in [7, 11) is 1.75. The Bertz CT molecular complexity index is 1070. The van der Waals surface area contributed by atoms with Crippen molar-refractivity contribution in [1.29, 1.82) is 5.41 Å². The van der Waals surface area contributed by atoms with E-state index in [2.05, 4.69) is 5.10 Å². The third kappa shape index (κ3) is 3.92. The Balaban J connectivity index is 1.75. The lowest BCUT2D eigenvalue weighted by Crippen LogP contribution is -2.44. The van der Waals surface area contributed by atoms with E-state index in [1.165, 1.54) is 13.0 Å². The van der Waals surface area contributed by atoms with Crippen LogP contribution in [0.15, 0.2) is 35.8 Å². The van der Waals surface area contributed by atoms with Crippen molar-refractivity contribution in [1.82, 2.24) is 14.7 Å². The lowest BCUT2D eigenvalue weighted by atomic mass is 9.92. The number of amides is 1. The molecule has 0 saturated heterocycles. The number of halogens is 2. The zero-order valence-electron chi connectivity index (χ0n) is 17.7. The molecule has 1 amide bonds. The molecule has 0 fully saturated rings. The van der Waals surface area contributed by atoms with E-state index in [1.54, 1.807) is 40.0 Å². The highest BCUT2D eigenvalue weighted by Crippen LogP contribution is 2.39. The molecular formula is C22H26F2N6O. The fraction of sp³-hybridized carbons (Fsp3) is 0.409. The second kappa shape index (κ2) is 8.13. The average molecular weight is 428 g/mol. The molecule has 0 bridgehead atoms. The predicted octanol–water partition coefficient (Wildman–Crippen LogP) is 3.22. The molecule has 7 nitrogen and oxygen atoms in total. The Labute approximate surface area is 179 Å². The number of carbonyl (C=O) groups is 1. The molecule has 0 atom stereocenters. The Morgan fingerprint density at radius 1 is 1.26 bits per heavy atom. The van der Waals surface area contributed by atoms with Crippen molar-refractivity contribution >= 4 is 17.4 Å². The number of alkyl halides is 2. The number of nitrogens with zero attached hydrogens (tertiary/aromatic N) is 4. The first-order chi connectivity index (χ1) is 14.8. The van der Waals surface area contributed by atoms with Crippen molar-refractivity contribution < 1.29 is 13.6 Å². The summed E-state index contributed by atoms with van der Waals surface area (Å²) in [6.45, 7) is 2.82. The number of hydrogen-bond donors (Lipinski definition) is 2. The van der Waals surface area contributed by atoms with Gasteiger partial charge in [0.1, 0.15) is 5.84 Å². The summed E-state index contributed by atoms with van der Waals surface area (Å²) < 4.78 is 29.6. The smallest absolute Gasteiger partial charge is 0.264 e.